The number of hydrogen-bond donors (Lipinski definition) is 1. The predicted octanol–water partition coefficient (Wildman–Crippen LogP) is 2.57. The molecular weight excluding hydrogens is 298 g/mol. The number of aromatic nitrogens is 1. The van der Waals surface area contributed by atoms with Gasteiger partial charge in [-0.05, 0) is 55.2 Å². The number of nitrogens with one attached hydrogen (secondary N) is 1. The van der Waals surface area contributed by atoms with Gasteiger partial charge in [-0.15, -0.1) is 0 Å². The number of hydrogen-bond acceptors (Lipinski definition) is 2. The number of rotatable bonds is 3. The van der Waals surface area contributed by atoms with Crippen LogP contribution in [0.25, 0.3) is 5.52 Å². The molecule has 0 radical (unpaired) electrons. The maximum atomic E-state index is 13.0. The second-order valence-electron chi connectivity index (χ2n) is 7.93. The minimum atomic E-state index is 0.117. The van der Waals surface area contributed by atoms with Crippen molar-refractivity contribution in [3.05, 3.63) is 41.7 Å². The summed E-state index contributed by atoms with van der Waals surface area (Å²) in [5, 5.41) is 3.43. The fourth-order valence-electron chi connectivity index (χ4n) is 5.55. The molecule has 1 N–H and O–H groups in total. The van der Waals surface area contributed by atoms with Crippen LogP contribution in [0.15, 0.2) is 30.5 Å². The van der Waals surface area contributed by atoms with Gasteiger partial charge in [-0.25, -0.2) is 0 Å². The van der Waals surface area contributed by atoms with Crippen molar-refractivity contribution in [3.8, 4) is 0 Å². The minimum absolute atomic E-state index is 0.117. The van der Waals surface area contributed by atoms with Crippen LogP contribution in [0.3, 0.4) is 0 Å². The van der Waals surface area contributed by atoms with Crippen LogP contribution < -0.4 is 5.32 Å². The number of fused-ring (bicyclic) bond motifs is 1. The summed E-state index contributed by atoms with van der Waals surface area (Å²) in [4.78, 5) is 15.7. The van der Waals surface area contributed by atoms with Crippen LogP contribution in [0.1, 0.15) is 35.8 Å². The van der Waals surface area contributed by atoms with Crippen LogP contribution in [0, 0.1) is 17.8 Å². The molecule has 1 amide bonds. The number of carbonyl (C=O) groups excluding carboxylic acids is 1. The molecule has 4 heteroatoms. The standard InChI is InChI=1S/C20H25N3O/c1-2-16-9-17(18-5-3-4-6-23(16)18)20(24)21-19-14-7-13-8-15(19)12-22(10-13)11-14/h3-6,9,13-15,19H,2,7-8,10-12H2,1H3,(H,21,24)/t13?,14-,15-,19?/m1/s1. The van der Waals surface area contributed by atoms with Gasteiger partial charge in [-0.1, -0.05) is 13.0 Å². The number of carbonyl (C=O) groups is 1. The van der Waals surface area contributed by atoms with E-state index in [1.807, 2.05) is 12.1 Å². The van der Waals surface area contributed by atoms with Gasteiger partial charge in [0.15, 0.2) is 0 Å². The topological polar surface area (TPSA) is 36.8 Å². The Morgan fingerprint density at radius 1 is 1.21 bits per heavy atom. The van der Waals surface area contributed by atoms with E-state index in [1.165, 1.54) is 38.2 Å². The first-order valence-corrected chi connectivity index (χ1v) is 9.35. The molecule has 24 heavy (non-hydrogen) atoms. The van der Waals surface area contributed by atoms with Gasteiger partial charge < -0.3 is 14.6 Å². The molecule has 0 aromatic carbocycles. The Bertz CT molecular complexity index is 765. The molecule has 2 aromatic heterocycles. The fourth-order valence-corrected chi connectivity index (χ4v) is 5.55. The highest BCUT2D eigenvalue weighted by atomic mass is 16.1. The monoisotopic (exact) mass is 323 g/mol. The highest BCUT2D eigenvalue weighted by molar-refractivity contribution is 6.01. The SMILES string of the molecule is CCc1cc(C(=O)NC2[C@@H]3CC4C[C@@H]2CN(C4)C3)c2ccccn12. The molecule has 2 atom stereocenters. The molecular formula is C20H25N3O. The van der Waals surface area contributed by atoms with Crippen molar-refractivity contribution in [2.24, 2.45) is 17.8 Å². The van der Waals surface area contributed by atoms with E-state index in [2.05, 4.69) is 39.9 Å². The maximum absolute atomic E-state index is 13.0. The Labute approximate surface area is 142 Å². The summed E-state index contributed by atoms with van der Waals surface area (Å²) in [6.07, 6.45) is 5.59. The third kappa shape index (κ3) is 2.12. The van der Waals surface area contributed by atoms with Gasteiger partial charge in [0, 0.05) is 37.6 Å². The number of piperidine rings is 3. The zero-order valence-electron chi connectivity index (χ0n) is 14.2. The first-order chi connectivity index (χ1) is 11.7. The molecule has 4 bridgehead atoms. The molecule has 3 aliphatic heterocycles. The Morgan fingerprint density at radius 3 is 2.71 bits per heavy atom. The predicted molar refractivity (Wildman–Crippen MR) is 94.2 cm³/mol. The second-order valence-corrected chi connectivity index (χ2v) is 7.93. The molecule has 5 heterocycles. The number of amides is 1. The van der Waals surface area contributed by atoms with Crippen LogP contribution in [0.2, 0.25) is 0 Å². The van der Waals surface area contributed by atoms with Crippen LogP contribution in [-0.4, -0.2) is 40.9 Å². The van der Waals surface area contributed by atoms with E-state index < -0.39 is 0 Å². The minimum Gasteiger partial charge on any atom is -0.349 e. The van der Waals surface area contributed by atoms with E-state index in [1.54, 1.807) is 0 Å². The molecule has 4 aliphatic rings. The van der Waals surface area contributed by atoms with E-state index in [0.717, 1.165) is 23.4 Å². The third-order valence-corrected chi connectivity index (χ3v) is 6.45. The van der Waals surface area contributed by atoms with Crippen molar-refractivity contribution in [2.45, 2.75) is 32.2 Å². The Hall–Kier alpha value is -1.81. The van der Waals surface area contributed by atoms with Gasteiger partial charge in [0.2, 0.25) is 0 Å². The van der Waals surface area contributed by atoms with E-state index in [0.29, 0.717) is 17.9 Å². The fraction of sp³-hybridized carbons (Fsp3) is 0.550. The molecule has 4 nitrogen and oxygen atoms in total. The zero-order chi connectivity index (χ0) is 16.3. The van der Waals surface area contributed by atoms with E-state index in [4.69, 9.17) is 0 Å². The summed E-state index contributed by atoms with van der Waals surface area (Å²) in [6.45, 7) is 5.78. The Balaban J connectivity index is 1.43. The second kappa shape index (κ2) is 5.35. The van der Waals surface area contributed by atoms with Gasteiger partial charge in [0.25, 0.3) is 5.91 Å². The molecule has 6 rings (SSSR count). The molecule has 0 spiro atoms. The quantitative estimate of drug-likeness (QED) is 0.942. The summed E-state index contributed by atoms with van der Waals surface area (Å²) in [7, 11) is 0. The molecule has 2 aromatic rings. The van der Waals surface area contributed by atoms with Crippen molar-refractivity contribution in [2.75, 3.05) is 19.6 Å². The van der Waals surface area contributed by atoms with Crippen LogP contribution >= 0.6 is 0 Å². The third-order valence-electron chi connectivity index (χ3n) is 6.45. The average molecular weight is 323 g/mol. The highest BCUT2D eigenvalue weighted by Gasteiger charge is 2.47. The summed E-state index contributed by atoms with van der Waals surface area (Å²) in [6, 6.07) is 8.54. The van der Waals surface area contributed by atoms with Crippen molar-refractivity contribution < 1.29 is 4.79 Å². The lowest BCUT2D eigenvalue weighted by Crippen LogP contribution is -2.64. The Kier molecular flexibility index (Phi) is 3.24. The van der Waals surface area contributed by atoms with Crippen molar-refractivity contribution in [1.29, 1.82) is 0 Å². The molecule has 3 saturated heterocycles. The van der Waals surface area contributed by atoms with Crippen molar-refractivity contribution >= 4 is 11.4 Å². The van der Waals surface area contributed by atoms with Crippen molar-refractivity contribution in [3.63, 3.8) is 0 Å². The molecule has 0 unspecified atom stereocenters. The summed E-state index contributed by atoms with van der Waals surface area (Å²) in [5.74, 6) is 2.29. The van der Waals surface area contributed by atoms with Crippen molar-refractivity contribution in [1.82, 2.24) is 14.6 Å². The lowest BCUT2D eigenvalue weighted by atomic mass is 9.65. The van der Waals surface area contributed by atoms with E-state index in [-0.39, 0.29) is 5.91 Å². The van der Waals surface area contributed by atoms with Crippen LogP contribution in [0.5, 0.6) is 0 Å². The smallest absolute Gasteiger partial charge is 0.253 e. The molecule has 4 fully saturated rings. The van der Waals surface area contributed by atoms with Gasteiger partial charge in [0.05, 0.1) is 11.1 Å². The van der Waals surface area contributed by atoms with Crippen LogP contribution in [-0.2, 0) is 6.42 Å². The summed E-state index contributed by atoms with van der Waals surface area (Å²) in [5.41, 5.74) is 3.06. The maximum Gasteiger partial charge on any atom is 0.253 e. The van der Waals surface area contributed by atoms with Gasteiger partial charge in [0.1, 0.15) is 0 Å². The lowest BCUT2D eigenvalue weighted by molar-refractivity contribution is -0.0418. The van der Waals surface area contributed by atoms with Gasteiger partial charge in [-0.3, -0.25) is 4.79 Å². The molecule has 1 aliphatic carbocycles. The zero-order valence-corrected chi connectivity index (χ0v) is 14.2. The first-order valence-electron chi connectivity index (χ1n) is 9.35. The average Bonchev–Trinajstić information content (AvgIpc) is 2.96. The normalized spacial score (nSPS) is 34.0. The lowest BCUT2D eigenvalue weighted by Gasteiger charge is -2.55. The highest BCUT2D eigenvalue weighted by Crippen LogP contribution is 2.43. The van der Waals surface area contributed by atoms with E-state index >= 15 is 0 Å². The Morgan fingerprint density at radius 2 is 2.00 bits per heavy atom. The summed E-state index contributed by atoms with van der Waals surface area (Å²) < 4.78 is 2.15. The summed E-state index contributed by atoms with van der Waals surface area (Å²) >= 11 is 0. The largest absolute Gasteiger partial charge is 0.349 e. The number of nitrogens with zero attached hydrogens (tertiary/aromatic N) is 2. The van der Waals surface area contributed by atoms with Gasteiger partial charge >= 0.3 is 0 Å². The van der Waals surface area contributed by atoms with Crippen LogP contribution in [0.4, 0.5) is 0 Å². The first kappa shape index (κ1) is 14.5. The number of pyridine rings is 1. The number of aryl methyl sites for hydroxylation is 1. The molecule has 126 valence electrons. The van der Waals surface area contributed by atoms with Gasteiger partial charge in [-0.2, -0.15) is 0 Å². The molecule has 1 saturated carbocycles. The van der Waals surface area contributed by atoms with E-state index in [9.17, 15) is 4.79 Å².